The fourth-order valence-electron chi connectivity index (χ4n) is 1.88. The number of aryl methyl sites for hydroxylation is 1. The van der Waals surface area contributed by atoms with Crippen molar-refractivity contribution in [2.45, 2.75) is 53.0 Å². The Hall–Kier alpha value is -0.540. The molecule has 0 bridgehead atoms. The van der Waals surface area contributed by atoms with Crippen LogP contribution in [0.4, 0.5) is 0 Å². The number of halogens is 1. The minimum Gasteiger partial charge on any atom is -0.315 e. The number of nitrogens with one attached hydrogen (secondary N) is 1. The van der Waals surface area contributed by atoms with Crippen LogP contribution in [0.25, 0.3) is 0 Å². The molecule has 1 aromatic rings. The van der Waals surface area contributed by atoms with E-state index in [1.165, 1.54) is 25.7 Å². The summed E-state index contributed by atoms with van der Waals surface area (Å²) in [5.41, 5.74) is 1.99. The lowest BCUT2D eigenvalue weighted by molar-refractivity contribution is 0.526. The maximum atomic E-state index is 6.09. The van der Waals surface area contributed by atoms with Gasteiger partial charge in [-0.05, 0) is 26.8 Å². The van der Waals surface area contributed by atoms with Crippen LogP contribution in [0.3, 0.4) is 0 Å². The topological polar surface area (TPSA) is 29.9 Å². The van der Waals surface area contributed by atoms with E-state index in [2.05, 4.69) is 17.3 Å². The zero-order valence-electron chi connectivity index (χ0n) is 11.2. The van der Waals surface area contributed by atoms with Crippen LogP contribution < -0.4 is 5.32 Å². The van der Waals surface area contributed by atoms with Crippen LogP contribution in [0.1, 0.15) is 44.0 Å². The van der Waals surface area contributed by atoms with Gasteiger partial charge in [-0.15, -0.1) is 0 Å². The maximum absolute atomic E-state index is 6.09. The molecule has 0 unspecified atom stereocenters. The van der Waals surface area contributed by atoms with Crippen LogP contribution in [0.2, 0.25) is 5.02 Å². The summed E-state index contributed by atoms with van der Waals surface area (Å²) in [6.07, 6.45) is 5.24. The van der Waals surface area contributed by atoms with E-state index in [1.54, 1.807) is 0 Å². The number of hydrogen-bond acceptors (Lipinski definition) is 2. The van der Waals surface area contributed by atoms with Gasteiger partial charge in [0.15, 0.2) is 0 Å². The van der Waals surface area contributed by atoms with Crippen LogP contribution >= 0.6 is 11.6 Å². The minimum absolute atomic E-state index is 0.799. The minimum atomic E-state index is 0.799. The summed E-state index contributed by atoms with van der Waals surface area (Å²) >= 11 is 6.09. The number of hydrogen-bond donors (Lipinski definition) is 1. The van der Waals surface area contributed by atoms with E-state index in [0.717, 1.165) is 36.0 Å². The Bertz CT molecular complexity index is 334. The number of rotatable bonds is 8. The predicted octanol–water partition coefficient (Wildman–Crippen LogP) is 3.32. The normalized spacial score (nSPS) is 11.1. The van der Waals surface area contributed by atoms with Crippen LogP contribution in [-0.2, 0) is 6.54 Å². The van der Waals surface area contributed by atoms with Gasteiger partial charge in [-0.3, -0.25) is 4.68 Å². The molecule has 0 saturated carbocycles. The lowest BCUT2D eigenvalue weighted by Crippen LogP contribution is -2.22. The predicted molar refractivity (Wildman–Crippen MR) is 73.7 cm³/mol. The number of nitrogens with zero attached hydrogens (tertiary/aromatic N) is 2. The van der Waals surface area contributed by atoms with E-state index in [4.69, 9.17) is 11.6 Å². The second kappa shape index (κ2) is 7.72. The molecule has 0 aliphatic carbocycles. The second-order valence-electron chi connectivity index (χ2n) is 4.52. The van der Waals surface area contributed by atoms with E-state index in [1.807, 2.05) is 18.5 Å². The first-order valence-electron chi connectivity index (χ1n) is 6.57. The molecule has 1 N–H and O–H groups in total. The first-order chi connectivity index (χ1) is 8.16. The molecule has 0 aromatic carbocycles. The van der Waals surface area contributed by atoms with Crippen molar-refractivity contribution in [3.8, 4) is 0 Å². The van der Waals surface area contributed by atoms with Crippen molar-refractivity contribution in [3.63, 3.8) is 0 Å². The fourth-order valence-corrected chi connectivity index (χ4v) is 2.01. The van der Waals surface area contributed by atoms with Crippen molar-refractivity contribution in [2.75, 3.05) is 13.1 Å². The molecule has 0 amide bonds. The molecule has 4 heteroatoms. The van der Waals surface area contributed by atoms with E-state index in [0.29, 0.717) is 0 Å². The first kappa shape index (κ1) is 14.5. The van der Waals surface area contributed by atoms with Gasteiger partial charge in [-0.25, -0.2) is 0 Å². The standard InChI is InChI=1S/C13H24ClN3/c1-4-5-6-7-8-15-9-10-17-12(3)13(14)11(2)16-17/h15H,4-10H2,1-3H3. The summed E-state index contributed by atoms with van der Waals surface area (Å²) in [5, 5.41) is 8.65. The average Bonchev–Trinajstić information content (AvgIpc) is 2.56. The van der Waals surface area contributed by atoms with Crippen LogP contribution in [0, 0.1) is 13.8 Å². The van der Waals surface area contributed by atoms with E-state index >= 15 is 0 Å². The molecule has 0 aliphatic heterocycles. The third kappa shape index (κ3) is 4.68. The van der Waals surface area contributed by atoms with Gasteiger partial charge in [0.2, 0.25) is 0 Å². The Morgan fingerprint density at radius 3 is 2.53 bits per heavy atom. The highest BCUT2D eigenvalue weighted by Crippen LogP contribution is 2.18. The highest BCUT2D eigenvalue weighted by Gasteiger charge is 2.07. The van der Waals surface area contributed by atoms with Crippen LogP contribution in [-0.4, -0.2) is 22.9 Å². The number of unbranched alkanes of at least 4 members (excludes halogenated alkanes) is 3. The molecule has 3 nitrogen and oxygen atoms in total. The summed E-state index contributed by atoms with van der Waals surface area (Å²) in [7, 11) is 0. The number of aromatic nitrogens is 2. The molecule has 0 fully saturated rings. The Labute approximate surface area is 110 Å². The average molecular weight is 258 g/mol. The van der Waals surface area contributed by atoms with Gasteiger partial charge >= 0.3 is 0 Å². The molecule has 17 heavy (non-hydrogen) atoms. The van der Waals surface area contributed by atoms with Gasteiger partial charge in [-0.2, -0.15) is 5.10 Å². The molecular weight excluding hydrogens is 234 g/mol. The summed E-state index contributed by atoms with van der Waals surface area (Å²) in [4.78, 5) is 0. The van der Waals surface area contributed by atoms with Crippen molar-refractivity contribution in [1.29, 1.82) is 0 Å². The zero-order valence-corrected chi connectivity index (χ0v) is 12.0. The molecule has 0 radical (unpaired) electrons. The zero-order chi connectivity index (χ0) is 12.7. The second-order valence-corrected chi connectivity index (χ2v) is 4.90. The lowest BCUT2D eigenvalue weighted by atomic mass is 10.2. The molecule has 98 valence electrons. The van der Waals surface area contributed by atoms with Crippen molar-refractivity contribution in [2.24, 2.45) is 0 Å². The fraction of sp³-hybridized carbons (Fsp3) is 0.769. The van der Waals surface area contributed by atoms with Gasteiger partial charge in [0, 0.05) is 6.54 Å². The third-order valence-electron chi connectivity index (χ3n) is 3.00. The highest BCUT2D eigenvalue weighted by molar-refractivity contribution is 6.31. The van der Waals surface area contributed by atoms with Crippen molar-refractivity contribution in [1.82, 2.24) is 15.1 Å². The molecule has 0 saturated heterocycles. The van der Waals surface area contributed by atoms with Gasteiger partial charge in [0.25, 0.3) is 0 Å². The van der Waals surface area contributed by atoms with E-state index in [9.17, 15) is 0 Å². The largest absolute Gasteiger partial charge is 0.315 e. The Balaban J connectivity index is 2.16. The summed E-state index contributed by atoms with van der Waals surface area (Å²) in [5.74, 6) is 0. The van der Waals surface area contributed by atoms with Crippen molar-refractivity contribution in [3.05, 3.63) is 16.4 Å². The Morgan fingerprint density at radius 1 is 1.18 bits per heavy atom. The van der Waals surface area contributed by atoms with Gasteiger partial charge < -0.3 is 5.32 Å². The van der Waals surface area contributed by atoms with Crippen LogP contribution in [0.15, 0.2) is 0 Å². The van der Waals surface area contributed by atoms with Gasteiger partial charge in [0.1, 0.15) is 0 Å². The van der Waals surface area contributed by atoms with Crippen LogP contribution in [0.5, 0.6) is 0 Å². The van der Waals surface area contributed by atoms with Gasteiger partial charge in [0.05, 0.1) is 23.0 Å². The first-order valence-corrected chi connectivity index (χ1v) is 6.94. The van der Waals surface area contributed by atoms with E-state index in [-0.39, 0.29) is 0 Å². The Morgan fingerprint density at radius 2 is 1.94 bits per heavy atom. The molecule has 0 aliphatic rings. The third-order valence-corrected chi connectivity index (χ3v) is 3.55. The van der Waals surface area contributed by atoms with Crippen molar-refractivity contribution >= 4 is 11.6 Å². The molecule has 1 rings (SSSR count). The molecular formula is C13H24ClN3. The quantitative estimate of drug-likeness (QED) is 0.724. The van der Waals surface area contributed by atoms with E-state index < -0.39 is 0 Å². The molecule has 0 spiro atoms. The molecule has 1 heterocycles. The SMILES string of the molecule is CCCCCCNCCn1nc(C)c(Cl)c1C. The monoisotopic (exact) mass is 257 g/mol. The summed E-state index contributed by atoms with van der Waals surface area (Å²) in [6, 6.07) is 0. The van der Waals surface area contributed by atoms with Gasteiger partial charge in [-0.1, -0.05) is 37.8 Å². The highest BCUT2D eigenvalue weighted by atomic mass is 35.5. The van der Waals surface area contributed by atoms with Crippen molar-refractivity contribution < 1.29 is 0 Å². The molecule has 1 aromatic heterocycles. The lowest BCUT2D eigenvalue weighted by Gasteiger charge is -2.06. The maximum Gasteiger partial charge on any atom is 0.0844 e. The Kier molecular flexibility index (Phi) is 6.60. The molecule has 0 atom stereocenters. The summed E-state index contributed by atoms with van der Waals surface area (Å²) < 4.78 is 1.98. The smallest absolute Gasteiger partial charge is 0.0844 e. The summed E-state index contributed by atoms with van der Waals surface area (Å²) in [6.45, 7) is 9.16.